The molecule has 2 rings (SSSR count). The fourth-order valence-electron chi connectivity index (χ4n) is 1.99. The summed E-state index contributed by atoms with van der Waals surface area (Å²) in [6, 6.07) is 8.71. The monoisotopic (exact) mass is 287 g/mol. The van der Waals surface area contributed by atoms with E-state index in [2.05, 4.69) is 10.3 Å². The predicted molar refractivity (Wildman–Crippen MR) is 79.1 cm³/mol. The molecule has 1 atom stereocenters. The summed E-state index contributed by atoms with van der Waals surface area (Å²) in [5, 5.41) is 14.2. The van der Waals surface area contributed by atoms with Gasteiger partial charge in [-0.3, -0.25) is 15.1 Å². The highest BCUT2D eigenvalue weighted by Gasteiger charge is 2.11. The Morgan fingerprint density at radius 1 is 1.43 bits per heavy atom. The van der Waals surface area contributed by atoms with Crippen molar-refractivity contribution in [3.05, 3.63) is 64.0 Å². The van der Waals surface area contributed by atoms with E-state index in [0.717, 1.165) is 11.1 Å². The minimum Gasteiger partial charge on any atom is -0.496 e. The number of non-ortho nitro benzene ring substituents is 1. The Labute approximate surface area is 122 Å². The number of nitrogens with zero attached hydrogens (tertiary/aromatic N) is 2. The van der Waals surface area contributed by atoms with Crippen molar-refractivity contribution < 1.29 is 9.66 Å². The number of ether oxygens (including phenoxy) is 1. The van der Waals surface area contributed by atoms with Crippen LogP contribution in [0, 0.1) is 10.1 Å². The highest BCUT2D eigenvalue weighted by Crippen LogP contribution is 2.23. The maximum absolute atomic E-state index is 10.9. The van der Waals surface area contributed by atoms with Crippen LogP contribution in [0.1, 0.15) is 24.1 Å². The molecule has 0 aliphatic rings. The van der Waals surface area contributed by atoms with E-state index < -0.39 is 4.92 Å². The van der Waals surface area contributed by atoms with Crippen LogP contribution in [0.5, 0.6) is 5.75 Å². The van der Waals surface area contributed by atoms with Crippen molar-refractivity contribution >= 4 is 5.69 Å². The van der Waals surface area contributed by atoms with Gasteiger partial charge in [0, 0.05) is 31.0 Å². The molecular weight excluding hydrogens is 270 g/mol. The first-order valence-corrected chi connectivity index (χ1v) is 6.56. The Kier molecular flexibility index (Phi) is 4.84. The minimum absolute atomic E-state index is 0.0279. The molecule has 6 nitrogen and oxygen atoms in total. The van der Waals surface area contributed by atoms with E-state index in [-0.39, 0.29) is 11.7 Å². The molecule has 0 radical (unpaired) electrons. The highest BCUT2D eigenvalue weighted by atomic mass is 16.6. The predicted octanol–water partition coefficient (Wildman–Crippen LogP) is 2.85. The van der Waals surface area contributed by atoms with E-state index in [1.807, 2.05) is 19.1 Å². The second-order valence-electron chi connectivity index (χ2n) is 4.69. The van der Waals surface area contributed by atoms with Gasteiger partial charge in [0.2, 0.25) is 0 Å². The Morgan fingerprint density at radius 3 is 2.86 bits per heavy atom. The van der Waals surface area contributed by atoms with Crippen molar-refractivity contribution in [1.29, 1.82) is 0 Å². The van der Waals surface area contributed by atoms with Crippen molar-refractivity contribution in [3.8, 4) is 5.75 Å². The van der Waals surface area contributed by atoms with Crippen LogP contribution in [0.2, 0.25) is 0 Å². The standard InChI is InChI=1S/C15H17N3O3/c1-11(13-4-3-5-16-10-13)17-9-12-6-14(18(19)20)8-15(7-12)21-2/h3-8,10-11,17H,9H2,1-2H3. The SMILES string of the molecule is COc1cc(CNC(C)c2cccnc2)cc([N+](=O)[O-])c1. The van der Waals surface area contributed by atoms with Gasteiger partial charge in [0.05, 0.1) is 18.1 Å². The van der Waals surface area contributed by atoms with E-state index >= 15 is 0 Å². The molecule has 2 aromatic rings. The normalized spacial score (nSPS) is 11.9. The van der Waals surface area contributed by atoms with Crippen LogP contribution in [-0.4, -0.2) is 17.0 Å². The molecule has 0 saturated heterocycles. The Morgan fingerprint density at radius 2 is 2.24 bits per heavy atom. The first-order chi connectivity index (χ1) is 10.1. The van der Waals surface area contributed by atoms with E-state index in [1.165, 1.54) is 13.2 Å². The van der Waals surface area contributed by atoms with Gasteiger partial charge in [0.25, 0.3) is 5.69 Å². The zero-order chi connectivity index (χ0) is 15.2. The van der Waals surface area contributed by atoms with Gasteiger partial charge in [-0.25, -0.2) is 0 Å². The summed E-state index contributed by atoms with van der Waals surface area (Å²) in [5.74, 6) is 0.482. The molecule has 1 aromatic carbocycles. The summed E-state index contributed by atoms with van der Waals surface area (Å²) in [5.41, 5.74) is 1.90. The van der Waals surface area contributed by atoms with E-state index in [1.54, 1.807) is 24.5 Å². The first-order valence-electron chi connectivity index (χ1n) is 6.56. The summed E-state index contributed by atoms with van der Waals surface area (Å²) in [6.07, 6.45) is 3.52. The number of benzene rings is 1. The molecule has 1 aromatic heterocycles. The Balaban J connectivity index is 2.09. The van der Waals surface area contributed by atoms with Crippen molar-refractivity contribution in [3.63, 3.8) is 0 Å². The maximum atomic E-state index is 10.9. The van der Waals surface area contributed by atoms with Crippen LogP contribution >= 0.6 is 0 Å². The molecule has 0 aliphatic carbocycles. The second-order valence-corrected chi connectivity index (χ2v) is 4.69. The van der Waals surface area contributed by atoms with Crippen molar-refractivity contribution in [2.45, 2.75) is 19.5 Å². The zero-order valence-electron chi connectivity index (χ0n) is 11.9. The van der Waals surface area contributed by atoms with Gasteiger partial charge >= 0.3 is 0 Å². The molecule has 1 N–H and O–H groups in total. The van der Waals surface area contributed by atoms with Gasteiger partial charge < -0.3 is 10.1 Å². The number of hydrogen-bond acceptors (Lipinski definition) is 5. The molecule has 110 valence electrons. The van der Waals surface area contributed by atoms with Crippen LogP contribution in [0.3, 0.4) is 0 Å². The molecule has 0 bridgehead atoms. The van der Waals surface area contributed by atoms with Crippen LogP contribution in [-0.2, 0) is 6.54 Å². The van der Waals surface area contributed by atoms with E-state index in [4.69, 9.17) is 4.74 Å². The number of nitro benzene ring substituents is 1. The number of hydrogen-bond donors (Lipinski definition) is 1. The molecule has 0 amide bonds. The lowest BCUT2D eigenvalue weighted by molar-refractivity contribution is -0.385. The summed E-state index contributed by atoms with van der Waals surface area (Å²) in [6.45, 7) is 2.53. The third-order valence-corrected chi connectivity index (χ3v) is 3.19. The quantitative estimate of drug-likeness (QED) is 0.653. The molecule has 1 heterocycles. The number of nitro groups is 1. The van der Waals surface area contributed by atoms with E-state index in [0.29, 0.717) is 12.3 Å². The van der Waals surface area contributed by atoms with Crippen molar-refractivity contribution in [2.24, 2.45) is 0 Å². The number of nitrogens with one attached hydrogen (secondary N) is 1. The van der Waals surface area contributed by atoms with Gasteiger partial charge in [0.1, 0.15) is 5.75 Å². The third kappa shape index (κ3) is 4.00. The highest BCUT2D eigenvalue weighted by molar-refractivity contribution is 5.42. The summed E-state index contributed by atoms with van der Waals surface area (Å²) < 4.78 is 5.09. The number of aromatic nitrogens is 1. The van der Waals surface area contributed by atoms with Crippen LogP contribution < -0.4 is 10.1 Å². The molecule has 21 heavy (non-hydrogen) atoms. The fourth-order valence-corrected chi connectivity index (χ4v) is 1.99. The number of methoxy groups -OCH3 is 1. The molecule has 0 spiro atoms. The average Bonchev–Trinajstić information content (AvgIpc) is 2.53. The van der Waals surface area contributed by atoms with Gasteiger partial charge in [-0.2, -0.15) is 0 Å². The maximum Gasteiger partial charge on any atom is 0.273 e. The lowest BCUT2D eigenvalue weighted by Gasteiger charge is -2.14. The van der Waals surface area contributed by atoms with Gasteiger partial charge in [-0.15, -0.1) is 0 Å². The average molecular weight is 287 g/mol. The first kappa shape index (κ1) is 14.9. The van der Waals surface area contributed by atoms with Crippen LogP contribution in [0.15, 0.2) is 42.7 Å². The molecule has 6 heteroatoms. The zero-order valence-corrected chi connectivity index (χ0v) is 11.9. The third-order valence-electron chi connectivity index (χ3n) is 3.19. The Bertz CT molecular complexity index is 617. The van der Waals surface area contributed by atoms with E-state index in [9.17, 15) is 10.1 Å². The summed E-state index contributed by atoms with van der Waals surface area (Å²) in [4.78, 5) is 14.6. The van der Waals surface area contributed by atoms with Crippen molar-refractivity contribution in [2.75, 3.05) is 7.11 Å². The lowest BCUT2D eigenvalue weighted by atomic mass is 10.1. The van der Waals surface area contributed by atoms with Gasteiger partial charge in [0.15, 0.2) is 0 Å². The molecule has 0 fully saturated rings. The Hall–Kier alpha value is -2.47. The molecule has 0 saturated carbocycles. The smallest absolute Gasteiger partial charge is 0.273 e. The van der Waals surface area contributed by atoms with Crippen molar-refractivity contribution in [1.82, 2.24) is 10.3 Å². The van der Waals surface area contributed by atoms with Gasteiger partial charge in [-0.1, -0.05) is 6.07 Å². The van der Waals surface area contributed by atoms with Crippen LogP contribution in [0.4, 0.5) is 5.69 Å². The summed E-state index contributed by atoms with van der Waals surface area (Å²) in [7, 11) is 1.49. The number of rotatable bonds is 6. The fraction of sp³-hybridized carbons (Fsp3) is 0.267. The number of pyridine rings is 1. The molecular formula is C15H17N3O3. The summed E-state index contributed by atoms with van der Waals surface area (Å²) >= 11 is 0. The lowest BCUT2D eigenvalue weighted by Crippen LogP contribution is -2.18. The molecule has 0 aliphatic heterocycles. The topological polar surface area (TPSA) is 77.3 Å². The largest absolute Gasteiger partial charge is 0.496 e. The second kappa shape index (κ2) is 6.81. The van der Waals surface area contributed by atoms with Gasteiger partial charge in [-0.05, 0) is 30.2 Å². The van der Waals surface area contributed by atoms with Crippen LogP contribution in [0.25, 0.3) is 0 Å². The minimum atomic E-state index is -0.420. The molecule has 1 unspecified atom stereocenters.